The molecule has 1 fully saturated rings. The fourth-order valence-corrected chi connectivity index (χ4v) is 3.62. The van der Waals surface area contributed by atoms with E-state index in [4.69, 9.17) is 0 Å². The average Bonchev–Trinajstić information content (AvgIpc) is 2.28. The predicted octanol–water partition coefficient (Wildman–Crippen LogP) is 1.13. The van der Waals surface area contributed by atoms with E-state index in [-0.39, 0.29) is 11.7 Å². The van der Waals surface area contributed by atoms with Crippen molar-refractivity contribution in [3.63, 3.8) is 0 Å². The number of nitrogens with zero attached hydrogens (tertiary/aromatic N) is 1. The van der Waals surface area contributed by atoms with E-state index in [1.807, 2.05) is 13.0 Å². The molecule has 18 heavy (non-hydrogen) atoms. The normalized spacial score (nSPS) is 17.6. The van der Waals surface area contributed by atoms with Crippen LogP contribution in [0.5, 0.6) is 0 Å². The summed E-state index contributed by atoms with van der Waals surface area (Å²) < 4.78 is 26.6. The molecule has 0 unspecified atom stereocenters. The summed E-state index contributed by atoms with van der Waals surface area (Å²) in [6, 6.07) is 3.57. The Labute approximate surface area is 108 Å². The second-order valence-corrected chi connectivity index (χ2v) is 6.56. The molecule has 1 aliphatic heterocycles. The fraction of sp³-hybridized carbons (Fsp3) is 0.583. The standard InChI is InChI=1S/C12H19N3O2S/c1-10-2-7-14-12(8-10)15-18(16,17)9-11-3-5-13-6-4-11/h2,7-8,11,13H,3-6,9H2,1H3,(H,14,15). The van der Waals surface area contributed by atoms with Crippen LogP contribution in [-0.4, -0.2) is 32.2 Å². The zero-order valence-electron chi connectivity index (χ0n) is 10.5. The smallest absolute Gasteiger partial charge is 0.234 e. The van der Waals surface area contributed by atoms with Crippen LogP contribution >= 0.6 is 0 Å². The highest BCUT2D eigenvalue weighted by atomic mass is 32.2. The van der Waals surface area contributed by atoms with Gasteiger partial charge in [-0.1, -0.05) is 0 Å². The van der Waals surface area contributed by atoms with E-state index < -0.39 is 10.0 Å². The van der Waals surface area contributed by atoms with Crippen molar-refractivity contribution in [1.29, 1.82) is 0 Å². The molecular formula is C12H19N3O2S. The summed E-state index contributed by atoms with van der Waals surface area (Å²) in [5.74, 6) is 0.835. The minimum absolute atomic E-state index is 0.185. The van der Waals surface area contributed by atoms with E-state index in [1.165, 1.54) is 0 Å². The number of hydrogen-bond donors (Lipinski definition) is 2. The minimum atomic E-state index is -3.29. The van der Waals surface area contributed by atoms with Crippen molar-refractivity contribution < 1.29 is 8.42 Å². The SMILES string of the molecule is Cc1ccnc(NS(=O)(=O)CC2CCNCC2)c1. The molecule has 6 heteroatoms. The summed E-state index contributed by atoms with van der Waals surface area (Å²) in [7, 11) is -3.29. The monoisotopic (exact) mass is 269 g/mol. The molecule has 1 saturated heterocycles. The highest BCUT2D eigenvalue weighted by molar-refractivity contribution is 7.92. The van der Waals surface area contributed by atoms with E-state index in [0.29, 0.717) is 5.82 Å². The maximum atomic E-state index is 12.0. The molecule has 0 saturated carbocycles. The van der Waals surface area contributed by atoms with Crippen molar-refractivity contribution in [1.82, 2.24) is 10.3 Å². The lowest BCUT2D eigenvalue weighted by Crippen LogP contribution is -2.33. The number of nitrogens with one attached hydrogen (secondary N) is 2. The summed E-state index contributed by atoms with van der Waals surface area (Å²) in [6.45, 7) is 3.72. The molecule has 0 bridgehead atoms. The second-order valence-electron chi connectivity index (χ2n) is 4.80. The van der Waals surface area contributed by atoms with Crippen LogP contribution in [0.1, 0.15) is 18.4 Å². The van der Waals surface area contributed by atoms with E-state index in [0.717, 1.165) is 31.5 Å². The van der Waals surface area contributed by atoms with Gasteiger partial charge in [0.15, 0.2) is 0 Å². The highest BCUT2D eigenvalue weighted by Crippen LogP contribution is 2.16. The van der Waals surface area contributed by atoms with Crippen LogP contribution in [0, 0.1) is 12.8 Å². The van der Waals surface area contributed by atoms with Crippen LogP contribution in [0.3, 0.4) is 0 Å². The van der Waals surface area contributed by atoms with Crippen molar-refractivity contribution in [2.45, 2.75) is 19.8 Å². The zero-order chi connectivity index (χ0) is 13.0. The maximum absolute atomic E-state index is 12.0. The molecule has 2 heterocycles. The molecule has 0 amide bonds. The van der Waals surface area contributed by atoms with Crippen molar-refractivity contribution in [2.75, 3.05) is 23.6 Å². The summed E-state index contributed by atoms with van der Waals surface area (Å²) in [6.07, 6.45) is 3.45. The van der Waals surface area contributed by atoms with E-state index in [2.05, 4.69) is 15.0 Å². The van der Waals surface area contributed by atoms with Crippen molar-refractivity contribution in [3.8, 4) is 0 Å². The predicted molar refractivity (Wildman–Crippen MR) is 72.0 cm³/mol. The maximum Gasteiger partial charge on any atom is 0.234 e. The molecule has 1 aromatic heterocycles. The molecule has 0 radical (unpaired) electrons. The zero-order valence-corrected chi connectivity index (χ0v) is 11.3. The molecule has 0 aliphatic carbocycles. The molecule has 0 spiro atoms. The number of pyridine rings is 1. The first-order valence-electron chi connectivity index (χ1n) is 6.19. The van der Waals surface area contributed by atoms with Crippen molar-refractivity contribution in [3.05, 3.63) is 23.9 Å². The summed E-state index contributed by atoms with van der Waals surface area (Å²) in [4.78, 5) is 4.02. The van der Waals surface area contributed by atoms with Crippen LogP contribution in [0.4, 0.5) is 5.82 Å². The van der Waals surface area contributed by atoms with Gasteiger partial charge < -0.3 is 5.32 Å². The van der Waals surface area contributed by atoms with Crippen molar-refractivity contribution >= 4 is 15.8 Å². The van der Waals surface area contributed by atoms with E-state index >= 15 is 0 Å². The number of hydrogen-bond acceptors (Lipinski definition) is 4. The third-order valence-electron chi connectivity index (χ3n) is 3.09. The van der Waals surface area contributed by atoms with Gasteiger partial charge in [0.1, 0.15) is 5.82 Å². The van der Waals surface area contributed by atoms with Crippen LogP contribution in [-0.2, 0) is 10.0 Å². The van der Waals surface area contributed by atoms with E-state index in [1.54, 1.807) is 12.3 Å². The Morgan fingerprint density at radius 1 is 1.44 bits per heavy atom. The fourth-order valence-electron chi connectivity index (χ4n) is 2.15. The number of piperidine rings is 1. The molecular weight excluding hydrogens is 250 g/mol. The van der Waals surface area contributed by atoms with Crippen molar-refractivity contribution in [2.24, 2.45) is 5.92 Å². The second kappa shape index (κ2) is 5.67. The van der Waals surface area contributed by atoms with Gasteiger partial charge in [0, 0.05) is 6.20 Å². The van der Waals surface area contributed by atoms with Gasteiger partial charge in [-0.3, -0.25) is 4.72 Å². The molecule has 100 valence electrons. The Hall–Kier alpha value is -1.14. The number of aromatic nitrogens is 1. The molecule has 5 nitrogen and oxygen atoms in total. The Kier molecular flexibility index (Phi) is 4.19. The third kappa shape index (κ3) is 3.96. The number of aryl methyl sites for hydroxylation is 1. The molecule has 0 aromatic carbocycles. The summed E-state index contributed by atoms with van der Waals surface area (Å²) >= 11 is 0. The average molecular weight is 269 g/mol. The quantitative estimate of drug-likeness (QED) is 0.859. The molecule has 1 aliphatic rings. The highest BCUT2D eigenvalue weighted by Gasteiger charge is 2.21. The first-order chi connectivity index (χ1) is 8.55. The topological polar surface area (TPSA) is 71.1 Å². The Morgan fingerprint density at radius 2 is 2.17 bits per heavy atom. The van der Waals surface area contributed by atoms with Crippen LogP contribution in [0.25, 0.3) is 0 Å². The van der Waals surface area contributed by atoms with Gasteiger partial charge in [-0.15, -0.1) is 0 Å². The molecule has 2 rings (SSSR count). The molecule has 1 aromatic rings. The Bertz CT molecular complexity index is 496. The largest absolute Gasteiger partial charge is 0.317 e. The summed E-state index contributed by atoms with van der Waals surface area (Å²) in [5.41, 5.74) is 0.990. The van der Waals surface area contributed by atoms with Gasteiger partial charge in [-0.05, 0) is 56.5 Å². The van der Waals surface area contributed by atoms with Gasteiger partial charge in [-0.25, -0.2) is 13.4 Å². The third-order valence-corrected chi connectivity index (χ3v) is 4.52. The first kappa shape index (κ1) is 13.3. The van der Waals surface area contributed by atoms with Gasteiger partial charge in [0.05, 0.1) is 5.75 Å². The van der Waals surface area contributed by atoms with Gasteiger partial charge >= 0.3 is 0 Å². The number of rotatable bonds is 4. The minimum Gasteiger partial charge on any atom is -0.317 e. The van der Waals surface area contributed by atoms with Gasteiger partial charge in [0.25, 0.3) is 0 Å². The lowest BCUT2D eigenvalue weighted by atomic mass is 10.0. The van der Waals surface area contributed by atoms with Crippen LogP contribution < -0.4 is 10.0 Å². The lowest BCUT2D eigenvalue weighted by Gasteiger charge is -2.22. The lowest BCUT2D eigenvalue weighted by molar-refractivity contribution is 0.402. The Balaban J connectivity index is 1.98. The molecule has 0 atom stereocenters. The van der Waals surface area contributed by atoms with Gasteiger partial charge in [0.2, 0.25) is 10.0 Å². The number of sulfonamides is 1. The molecule has 2 N–H and O–H groups in total. The summed E-state index contributed by atoms with van der Waals surface area (Å²) in [5, 5.41) is 3.23. The van der Waals surface area contributed by atoms with Crippen LogP contribution in [0.2, 0.25) is 0 Å². The Morgan fingerprint density at radius 3 is 2.83 bits per heavy atom. The number of anilines is 1. The first-order valence-corrected chi connectivity index (χ1v) is 7.84. The van der Waals surface area contributed by atoms with E-state index in [9.17, 15) is 8.42 Å². The van der Waals surface area contributed by atoms with Gasteiger partial charge in [-0.2, -0.15) is 0 Å². The van der Waals surface area contributed by atoms with Crippen LogP contribution in [0.15, 0.2) is 18.3 Å².